The van der Waals surface area contributed by atoms with E-state index in [-0.39, 0.29) is 11.5 Å². The highest BCUT2D eigenvalue weighted by Gasteiger charge is 2.41. The van der Waals surface area contributed by atoms with Crippen LogP contribution in [0, 0.1) is 6.92 Å². The summed E-state index contributed by atoms with van der Waals surface area (Å²) in [6, 6.07) is 0.580. The van der Waals surface area contributed by atoms with Gasteiger partial charge in [0, 0.05) is 25.7 Å². The Hall–Kier alpha value is -1.40. The summed E-state index contributed by atoms with van der Waals surface area (Å²) in [7, 11) is 4.27. The summed E-state index contributed by atoms with van der Waals surface area (Å²) in [5, 5.41) is 3.70. The number of likely N-dealkylation sites (tertiary alicyclic amines) is 1. The fraction of sp³-hybridized carbons (Fsp3) is 0.750. The molecule has 6 heteroatoms. The molecule has 122 valence electrons. The molecule has 2 aliphatic rings. The Morgan fingerprint density at radius 3 is 2.73 bits per heavy atom. The summed E-state index contributed by atoms with van der Waals surface area (Å²) in [6.45, 7) is 4.08. The second kappa shape index (κ2) is 6.01. The van der Waals surface area contributed by atoms with Crippen LogP contribution in [-0.2, 0) is 4.74 Å². The molecule has 2 aliphatic heterocycles. The Morgan fingerprint density at radius 1 is 1.41 bits per heavy atom. The van der Waals surface area contributed by atoms with Gasteiger partial charge in [0.25, 0.3) is 5.91 Å². The Bertz CT molecular complexity index is 532. The van der Waals surface area contributed by atoms with Gasteiger partial charge < -0.3 is 19.1 Å². The Labute approximate surface area is 131 Å². The molecule has 1 spiro atoms. The number of carbonyl (C=O) groups excluding carboxylic acids is 1. The Balaban J connectivity index is 1.63. The van der Waals surface area contributed by atoms with Crippen LogP contribution in [0.4, 0.5) is 0 Å². The van der Waals surface area contributed by atoms with Gasteiger partial charge in [-0.25, -0.2) is 0 Å². The van der Waals surface area contributed by atoms with Crippen LogP contribution >= 0.6 is 0 Å². The van der Waals surface area contributed by atoms with E-state index in [1.54, 1.807) is 6.92 Å². The molecule has 0 bridgehead atoms. The number of aromatic nitrogens is 1. The number of hydrogen-bond donors (Lipinski definition) is 0. The third kappa shape index (κ3) is 2.90. The molecule has 3 heterocycles. The lowest BCUT2D eigenvalue weighted by Crippen LogP contribution is -2.53. The van der Waals surface area contributed by atoms with E-state index in [1.165, 1.54) is 6.20 Å². The van der Waals surface area contributed by atoms with E-state index in [9.17, 15) is 4.79 Å². The lowest BCUT2D eigenvalue weighted by molar-refractivity contribution is -0.125. The lowest BCUT2D eigenvalue weighted by Gasteiger charge is -2.47. The topological polar surface area (TPSA) is 58.8 Å². The normalized spacial score (nSPS) is 24.9. The number of piperidine rings is 1. The van der Waals surface area contributed by atoms with E-state index in [2.05, 4.69) is 24.2 Å². The molecular formula is C16H25N3O3. The van der Waals surface area contributed by atoms with Crippen molar-refractivity contribution in [2.75, 3.05) is 33.8 Å². The maximum absolute atomic E-state index is 12.5. The van der Waals surface area contributed by atoms with Gasteiger partial charge in [0.1, 0.15) is 11.3 Å². The summed E-state index contributed by atoms with van der Waals surface area (Å²) in [5.41, 5.74) is 0.528. The Morgan fingerprint density at radius 2 is 2.14 bits per heavy atom. The van der Waals surface area contributed by atoms with E-state index in [4.69, 9.17) is 9.26 Å². The molecule has 1 aromatic rings. The number of nitrogens with zero attached hydrogens (tertiary/aromatic N) is 3. The molecule has 1 atom stereocenters. The van der Waals surface area contributed by atoms with Crippen molar-refractivity contribution in [1.29, 1.82) is 0 Å². The molecule has 6 nitrogen and oxygen atoms in total. The highest BCUT2D eigenvalue weighted by atomic mass is 16.5. The van der Waals surface area contributed by atoms with Crippen molar-refractivity contribution in [3.8, 4) is 0 Å². The van der Waals surface area contributed by atoms with Crippen LogP contribution in [0.2, 0.25) is 0 Å². The zero-order valence-corrected chi connectivity index (χ0v) is 13.7. The van der Waals surface area contributed by atoms with E-state index >= 15 is 0 Å². The minimum Gasteiger partial charge on any atom is -0.375 e. The molecular weight excluding hydrogens is 282 g/mol. The fourth-order valence-corrected chi connectivity index (χ4v) is 3.58. The molecule has 1 aromatic heterocycles. The van der Waals surface area contributed by atoms with Gasteiger partial charge in [-0.1, -0.05) is 5.16 Å². The fourth-order valence-electron chi connectivity index (χ4n) is 3.58. The number of amides is 1. The van der Waals surface area contributed by atoms with Crippen LogP contribution in [0.25, 0.3) is 0 Å². The van der Waals surface area contributed by atoms with Gasteiger partial charge >= 0.3 is 0 Å². The third-order valence-corrected chi connectivity index (χ3v) is 5.14. The lowest BCUT2D eigenvalue weighted by atomic mass is 9.82. The quantitative estimate of drug-likeness (QED) is 0.832. The molecule has 3 rings (SSSR count). The average molecular weight is 307 g/mol. The van der Waals surface area contributed by atoms with Gasteiger partial charge in [0.05, 0.1) is 11.8 Å². The van der Waals surface area contributed by atoms with E-state index in [0.29, 0.717) is 17.4 Å². The van der Waals surface area contributed by atoms with Crippen molar-refractivity contribution in [1.82, 2.24) is 15.0 Å². The van der Waals surface area contributed by atoms with Crippen LogP contribution in [-0.4, -0.2) is 66.3 Å². The summed E-state index contributed by atoms with van der Waals surface area (Å²) >= 11 is 0. The highest BCUT2D eigenvalue weighted by Crippen LogP contribution is 2.36. The maximum Gasteiger partial charge on any atom is 0.259 e. The van der Waals surface area contributed by atoms with Gasteiger partial charge in [-0.15, -0.1) is 0 Å². The molecule has 0 unspecified atom stereocenters. The van der Waals surface area contributed by atoms with Gasteiger partial charge in [0.2, 0.25) is 0 Å². The zero-order valence-electron chi connectivity index (χ0n) is 13.7. The molecule has 0 radical (unpaired) electrons. The van der Waals surface area contributed by atoms with Crippen molar-refractivity contribution < 1.29 is 14.1 Å². The number of hydrogen-bond acceptors (Lipinski definition) is 5. The van der Waals surface area contributed by atoms with Crippen LogP contribution in [0.15, 0.2) is 10.7 Å². The molecule has 0 aliphatic carbocycles. The molecule has 22 heavy (non-hydrogen) atoms. The number of ether oxygens (including phenoxy) is 1. The standard InChI is InChI=1S/C16H25N3O3/c1-12-14(11-17-22-12)15(20)19-7-5-16(6-8-19)10-13(18(2)3)4-9-21-16/h11,13H,4-10H2,1-3H3/t13-/m1/s1. The predicted molar refractivity (Wildman–Crippen MR) is 81.8 cm³/mol. The maximum atomic E-state index is 12.5. The number of aryl methyl sites for hydroxylation is 1. The van der Waals surface area contributed by atoms with Crippen LogP contribution in [0.3, 0.4) is 0 Å². The first-order chi connectivity index (χ1) is 10.5. The van der Waals surface area contributed by atoms with E-state index in [0.717, 1.165) is 45.4 Å². The first kappa shape index (κ1) is 15.5. The summed E-state index contributed by atoms with van der Waals surface area (Å²) in [5.74, 6) is 0.612. The predicted octanol–water partition coefficient (Wildman–Crippen LogP) is 1.70. The van der Waals surface area contributed by atoms with Gasteiger partial charge in [-0.05, 0) is 46.7 Å². The first-order valence-electron chi connectivity index (χ1n) is 8.02. The molecule has 2 saturated heterocycles. The van der Waals surface area contributed by atoms with Crippen molar-refractivity contribution in [3.63, 3.8) is 0 Å². The summed E-state index contributed by atoms with van der Waals surface area (Å²) in [4.78, 5) is 16.7. The highest BCUT2D eigenvalue weighted by molar-refractivity contribution is 5.94. The summed E-state index contributed by atoms with van der Waals surface area (Å²) in [6.07, 6.45) is 5.49. The second-order valence-electron chi connectivity index (χ2n) is 6.73. The third-order valence-electron chi connectivity index (χ3n) is 5.14. The SMILES string of the molecule is Cc1oncc1C(=O)N1CCC2(CC1)C[C@H](N(C)C)CCO2. The van der Waals surface area contributed by atoms with Crippen molar-refractivity contribution in [3.05, 3.63) is 17.5 Å². The molecule has 0 N–H and O–H groups in total. The van der Waals surface area contributed by atoms with E-state index in [1.807, 2.05) is 4.90 Å². The van der Waals surface area contributed by atoms with Crippen LogP contribution in [0.1, 0.15) is 41.8 Å². The zero-order chi connectivity index (χ0) is 15.7. The monoisotopic (exact) mass is 307 g/mol. The molecule has 0 aromatic carbocycles. The molecule has 0 saturated carbocycles. The Kier molecular flexibility index (Phi) is 4.23. The van der Waals surface area contributed by atoms with Gasteiger partial charge in [0.15, 0.2) is 0 Å². The van der Waals surface area contributed by atoms with Gasteiger partial charge in [-0.3, -0.25) is 4.79 Å². The van der Waals surface area contributed by atoms with Crippen LogP contribution < -0.4 is 0 Å². The largest absolute Gasteiger partial charge is 0.375 e. The smallest absolute Gasteiger partial charge is 0.259 e. The average Bonchev–Trinajstić information content (AvgIpc) is 2.93. The van der Waals surface area contributed by atoms with Crippen molar-refractivity contribution in [2.45, 2.75) is 44.2 Å². The molecule has 2 fully saturated rings. The first-order valence-corrected chi connectivity index (χ1v) is 8.02. The number of rotatable bonds is 2. The van der Waals surface area contributed by atoms with Gasteiger partial charge in [-0.2, -0.15) is 0 Å². The van der Waals surface area contributed by atoms with E-state index < -0.39 is 0 Å². The minimum atomic E-state index is -0.0480. The minimum absolute atomic E-state index is 0.0218. The van der Waals surface area contributed by atoms with Crippen LogP contribution in [0.5, 0.6) is 0 Å². The molecule has 1 amide bonds. The van der Waals surface area contributed by atoms with Crippen molar-refractivity contribution >= 4 is 5.91 Å². The second-order valence-corrected chi connectivity index (χ2v) is 6.73. The van der Waals surface area contributed by atoms with Crippen molar-refractivity contribution in [2.24, 2.45) is 0 Å². The summed E-state index contributed by atoms with van der Waals surface area (Å²) < 4.78 is 11.1. The number of carbonyl (C=O) groups is 1.